The molecule has 7 aromatic rings. The van der Waals surface area contributed by atoms with E-state index in [-0.39, 0.29) is 76.2 Å². The Hall–Kier alpha value is -11.0. The highest BCUT2D eigenvalue weighted by molar-refractivity contribution is 6.32. The van der Waals surface area contributed by atoms with E-state index in [9.17, 15) is 60.3 Å². The summed E-state index contributed by atoms with van der Waals surface area (Å²) < 4.78 is 45.7. The summed E-state index contributed by atoms with van der Waals surface area (Å²) in [5, 5.41) is 131. The molecule has 8 amide bonds. The van der Waals surface area contributed by atoms with E-state index in [2.05, 4.69) is 47.9 Å². The second-order valence-corrected chi connectivity index (χ2v) is 32.0. The SMILES string of the molecule is CN[C@H](CC(C)C)C(=O)N[C@H]1C(=O)N[C@@H](CC(N)=O)C(=O)N[C@H]2C(=O)N[C@H]3C(=O)N[C@H](C(=O)N[C@H](C(=O)NCCCN(C)C)c4cc(O)cc(O)c4-c4cc3ccc4O)[C@H](O)c3ccc(c(Cl)c3)Oc3cc2cc(c3O[C@@H]2O[C@H](CO)[C@@H](O)[C@H](O)[C@H]2O[C@H]2C[C@](C)(NCc3ccc(Oc4ccccc4)cc3)[C@@H](O)[C@H](C)O2)Oc2ccc(cc2Cl)[C@H]1O. The number of nitrogens with zero attached hydrogens (tertiary/aromatic N) is 1. The number of hydrogen-bond donors (Lipinski definition) is 19. The van der Waals surface area contributed by atoms with Crippen molar-refractivity contribution in [3.63, 3.8) is 0 Å². The van der Waals surface area contributed by atoms with Gasteiger partial charge in [-0.15, -0.1) is 0 Å². The molecule has 11 bridgehead atoms. The van der Waals surface area contributed by atoms with Crippen LogP contribution in [0.5, 0.6) is 57.5 Å². The van der Waals surface area contributed by atoms with Crippen LogP contribution >= 0.6 is 23.2 Å². The molecule has 0 saturated carbocycles. The maximum absolute atomic E-state index is 16.4. The van der Waals surface area contributed by atoms with E-state index in [0.29, 0.717) is 24.5 Å². The van der Waals surface area contributed by atoms with Crippen molar-refractivity contribution in [1.82, 2.24) is 52.8 Å². The zero-order valence-electron chi connectivity index (χ0n) is 66.7. The van der Waals surface area contributed by atoms with E-state index in [1.807, 2.05) is 61.2 Å². The third kappa shape index (κ3) is 20.6. The third-order valence-electron chi connectivity index (χ3n) is 21.4. The minimum Gasteiger partial charge on any atom is -0.508 e. The number of fused-ring (bicyclic) bond motifs is 15. The Morgan fingerprint density at radius 3 is 1.94 bits per heavy atom. The van der Waals surface area contributed by atoms with Crippen LogP contribution in [0.1, 0.15) is 117 Å². The van der Waals surface area contributed by atoms with Crippen LogP contribution in [-0.2, 0) is 59.1 Å². The van der Waals surface area contributed by atoms with E-state index in [4.69, 9.17) is 62.1 Å². The summed E-state index contributed by atoms with van der Waals surface area (Å²) in [5.41, 5.74) is 3.09. The van der Waals surface area contributed by atoms with Gasteiger partial charge in [-0.3, -0.25) is 38.4 Å². The molecule has 7 aliphatic heterocycles. The number of hydrogen-bond acceptors (Lipinski definition) is 27. The number of aliphatic hydroxyl groups is 6. The number of rotatable bonds is 22. The van der Waals surface area contributed by atoms with Crippen molar-refractivity contribution < 1.29 is 117 Å². The number of phenolic OH excluding ortho intramolecular Hbond substituents is 3. The molecule has 2 fully saturated rings. The van der Waals surface area contributed by atoms with Gasteiger partial charge in [0.1, 0.15) is 107 Å². The summed E-state index contributed by atoms with van der Waals surface area (Å²) in [5.74, 6) is -13.4. The van der Waals surface area contributed by atoms with Gasteiger partial charge in [0.2, 0.25) is 59.3 Å². The fraction of sp³-hybridized carbons (Fsp3) is 0.405. The second kappa shape index (κ2) is 38.4. The van der Waals surface area contributed by atoms with Crippen LogP contribution in [0.3, 0.4) is 0 Å². The molecule has 14 rings (SSSR count). The molecule has 35 nitrogen and oxygen atoms in total. The molecule has 7 heterocycles. The molecule has 121 heavy (non-hydrogen) atoms. The fourth-order valence-corrected chi connectivity index (χ4v) is 15.4. The predicted octanol–water partition coefficient (Wildman–Crippen LogP) is 3.71. The Morgan fingerprint density at radius 2 is 1.31 bits per heavy atom. The summed E-state index contributed by atoms with van der Waals surface area (Å²) >= 11 is 14.4. The largest absolute Gasteiger partial charge is 0.508 e. The molecule has 7 aliphatic rings. The Kier molecular flexibility index (Phi) is 28.3. The van der Waals surface area contributed by atoms with Crippen molar-refractivity contribution in [1.29, 1.82) is 0 Å². The minimum atomic E-state index is -2.35. The van der Waals surface area contributed by atoms with Crippen LogP contribution in [0.4, 0.5) is 0 Å². The molecule has 7 aromatic carbocycles. The average molecular weight is 1720 g/mol. The van der Waals surface area contributed by atoms with Crippen LogP contribution in [0.15, 0.2) is 133 Å². The first-order valence-electron chi connectivity index (χ1n) is 39.0. The number of likely N-dealkylation sites (N-methyl/N-ethyl adjacent to an activating group) is 1. The van der Waals surface area contributed by atoms with Gasteiger partial charge in [-0.05, 0) is 173 Å². The van der Waals surface area contributed by atoms with E-state index in [1.165, 1.54) is 31.3 Å². The van der Waals surface area contributed by atoms with Gasteiger partial charge in [-0.1, -0.05) is 85.6 Å². The van der Waals surface area contributed by atoms with Crippen LogP contribution in [0.2, 0.25) is 10.0 Å². The molecular formula is C84H97Cl2N11O24. The Labute approximate surface area is 704 Å². The number of benzene rings is 7. The van der Waals surface area contributed by atoms with Gasteiger partial charge in [-0.2, -0.15) is 0 Å². The van der Waals surface area contributed by atoms with Crippen molar-refractivity contribution in [2.75, 3.05) is 40.8 Å². The van der Waals surface area contributed by atoms with Gasteiger partial charge in [0, 0.05) is 42.2 Å². The van der Waals surface area contributed by atoms with Crippen molar-refractivity contribution in [2.24, 2.45) is 11.7 Å². The maximum atomic E-state index is 16.4. The smallest absolute Gasteiger partial charge is 0.248 e. The number of amides is 8. The summed E-state index contributed by atoms with van der Waals surface area (Å²) in [6.45, 7) is 6.64. The number of ether oxygens (including phenoxy) is 7. The van der Waals surface area contributed by atoms with Crippen LogP contribution in [-0.4, -0.2) is 218 Å². The molecule has 20 N–H and O–H groups in total. The highest BCUT2D eigenvalue weighted by Crippen LogP contribution is 2.50. The first-order chi connectivity index (χ1) is 57.6. The molecular weight excluding hydrogens is 1620 g/mol. The number of carbonyl (C=O) groups excluding carboxylic acids is 8. The molecule has 0 unspecified atom stereocenters. The molecule has 0 spiro atoms. The molecule has 646 valence electrons. The predicted molar refractivity (Wildman–Crippen MR) is 433 cm³/mol. The van der Waals surface area contributed by atoms with E-state index in [0.717, 1.165) is 60.2 Å². The summed E-state index contributed by atoms with van der Waals surface area (Å²) in [6.07, 6.45) is -18.2. The summed E-state index contributed by atoms with van der Waals surface area (Å²) in [6, 6.07) is 16.9. The normalized spacial score (nSPS) is 26.5. The topological polar surface area (TPSA) is 521 Å². The van der Waals surface area contributed by atoms with Crippen molar-refractivity contribution in [3.05, 3.63) is 177 Å². The standard InChI is InChI=1S/C84H97Cl2N11O24/c1-38(2)26-52(88-5)76(108)95-67-69(103)42-17-22-56(50(85)28-42)117-58-30-44-31-59(73(58)121-83-74(72(106)71(105)60(37-98)119-83)120-62-35-84(4,75(107)39(3)115-62)90-36-40-14-19-47(20-15-40)116-46-12-9-8-10-13-46)118-57-23-18-43(29-51(57)86)70(104)68-82(114)94-66(78(110)89-24-11-25-97(6)7)49-32-45(99)33-55(101)63(49)48-27-41(16-21-54(48)100)64(79(111)96-68)93-80(112)65(44)92-77(109)53(34-61(87)102)91-81(67)113/h8-10,12-23,27-33,38-39,52-53,60,62,64-72,74-75,83,88,90,98-101,103-107H,11,24-26,34-37H2,1-7H3,(H2,87,102)(H,89,110)(H,91,113)(H,92,109)(H,93,112)(H,94,114)(H,95,108)(H,96,111)/t39-,52+,53-,60+,62-,64+,65+,66-,67+,68-,69+,70+,71+,72-,74+,75-,83-,84-/m0/s1. The second-order valence-electron chi connectivity index (χ2n) is 31.1. The highest BCUT2D eigenvalue weighted by atomic mass is 35.5. The monoisotopic (exact) mass is 1710 g/mol. The lowest BCUT2D eigenvalue weighted by atomic mass is 9.84. The van der Waals surface area contributed by atoms with Gasteiger partial charge in [0.25, 0.3) is 0 Å². The first-order valence-corrected chi connectivity index (χ1v) is 39.8. The zero-order valence-corrected chi connectivity index (χ0v) is 68.2. The van der Waals surface area contributed by atoms with Crippen molar-refractivity contribution >= 4 is 70.5 Å². The Morgan fingerprint density at radius 1 is 0.686 bits per heavy atom. The van der Waals surface area contributed by atoms with E-state index >= 15 is 24.0 Å². The van der Waals surface area contributed by atoms with Gasteiger partial charge in [0.15, 0.2) is 23.9 Å². The van der Waals surface area contributed by atoms with Crippen LogP contribution in [0, 0.1) is 5.92 Å². The first kappa shape index (κ1) is 89.3. The maximum Gasteiger partial charge on any atom is 0.248 e. The number of nitrogens with two attached hydrogens (primary N) is 1. The van der Waals surface area contributed by atoms with Gasteiger partial charge in [0.05, 0.1) is 41.3 Å². The highest BCUT2D eigenvalue weighted by Gasteiger charge is 2.52. The quantitative estimate of drug-likeness (QED) is 0.0430. The number of carbonyl (C=O) groups is 8. The summed E-state index contributed by atoms with van der Waals surface area (Å²) in [7, 11) is 5.08. The number of aromatic hydroxyl groups is 3. The van der Waals surface area contributed by atoms with Crippen LogP contribution < -0.4 is 72.5 Å². The van der Waals surface area contributed by atoms with Crippen LogP contribution in [0.25, 0.3) is 11.1 Å². The third-order valence-corrected chi connectivity index (χ3v) is 22.0. The molecule has 18 atom stereocenters. The Bertz CT molecular complexity index is 5000. The number of halogens is 2. The van der Waals surface area contributed by atoms with Crippen molar-refractivity contribution in [2.45, 2.75) is 169 Å². The van der Waals surface area contributed by atoms with E-state index in [1.54, 1.807) is 40.1 Å². The number of primary amides is 1. The van der Waals surface area contributed by atoms with E-state index < -0.39 is 220 Å². The number of aliphatic hydroxyl groups excluding tert-OH is 6. The van der Waals surface area contributed by atoms with Gasteiger partial charge in [-0.25, -0.2) is 0 Å². The number of phenols is 3. The van der Waals surface area contributed by atoms with Gasteiger partial charge >= 0.3 is 0 Å². The lowest BCUT2D eigenvalue weighted by molar-refractivity contribution is -0.334. The molecule has 0 aromatic heterocycles. The molecule has 2 saturated heterocycles. The average Bonchev–Trinajstić information content (AvgIpc) is 0.762. The fourth-order valence-electron chi connectivity index (χ4n) is 15.0. The number of nitrogens with one attached hydrogen (secondary N) is 9. The molecule has 0 aliphatic carbocycles. The Balaban J connectivity index is 1.04. The number of para-hydroxylation sites is 1. The lowest BCUT2D eigenvalue weighted by Gasteiger charge is -2.48. The van der Waals surface area contributed by atoms with Crippen molar-refractivity contribution in [3.8, 4) is 68.6 Å². The molecule has 37 heteroatoms. The minimum absolute atomic E-state index is 0.00302. The lowest BCUT2D eigenvalue weighted by Crippen LogP contribution is -2.65. The molecule has 0 radical (unpaired) electrons. The summed E-state index contributed by atoms with van der Waals surface area (Å²) in [4.78, 5) is 122. The van der Waals surface area contributed by atoms with Gasteiger partial charge < -0.3 is 138 Å². The zero-order chi connectivity index (χ0) is 87.2.